The molecule has 0 N–H and O–H groups in total. The fraction of sp³-hybridized carbons (Fsp3) is 0.250. The third-order valence-electron chi connectivity index (χ3n) is 6.61. The van der Waals surface area contributed by atoms with Gasteiger partial charge in [0.25, 0.3) is 5.56 Å². The number of para-hydroxylation sites is 2. The van der Waals surface area contributed by atoms with Crippen LogP contribution in [-0.2, 0) is 4.79 Å². The summed E-state index contributed by atoms with van der Waals surface area (Å²) in [5.41, 5.74) is 2.27. The summed E-state index contributed by atoms with van der Waals surface area (Å²) in [6.45, 7) is 1.78. The molecule has 1 unspecified atom stereocenters. The van der Waals surface area contributed by atoms with Crippen molar-refractivity contribution in [1.82, 2.24) is 14.5 Å². The predicted molar refractivity (Wildman–Crippen MR) is 139 cm³/mol. The number of carbonyl (C=O) groups is 1. The van der Waals surface area contributed by atoms with Crippen LogP contribution in [0.25, 0.3) is 16.6 Å². The molecule has 7 nitrogen and oxygen atoms in total. The first-order valence-corrected chi connectivity index (χ1v) is 13.1. The van der Waals surface area contributed by atoms with Crippen molar-refractivity contribution in [2.45, 2.75) is 24.0 Å². The predicted octanol–water partition coefficient (Wildman–Crippen LogP) is 4.61. The molecule has 36 heavy (non-hydrogen) atoms. The first-order chi connectivity index (χ1) is 17.7. The number of fused-ring (bicyclic) bond motifs is 2. The number of nitrogens with zero attached hydrogens (tertiary/aromatic N) is 3. The molecule has 3 aromatic carbocycles. The van der Waals surface area contributed by atoms with Gasteiger partial charge in [0.15, 0.2) is 16.7 Å². The summed E-state index contributed by atoms with van der Waals surface area (Å²) in [7, 11) is 0. The highest BCUT2D eigenvalue weighted by Gasteiger charge is 2.31. The van der Waals surface area contributed by atoms with E-state index in [4.69, 9.17) is 14.5 Å². The molecule has 1 atom stereocenters. The molecule has 2 aliphatic rings. The Balaban J connectivity index is 1.27. The lowest BCUT2D eigenvalue weighted by atomic mass is 10.0. The van der Waals surface area contributed by atoms with Crippen molar-refractivity contribution in [1.29, 1.82) is 0 Å². The Morgan fingerprint density at radius 2 is 1.75 bits per heavy atom. The minimum Gasteiger partial charge on any atom is -0.486 e. The van der Waals surface area contributed by atoms with Gasteiger partial charge in [0.2, 0.25) is 5.91 Å². The lowest BCUT2D eigenvalue weighted by Gasteiger charge is -2.27. The van der Waals surface area contributed by atoms with E-state index in [1.54, 1.807) is 10.6 Å². The first kappa shape index (κ1) is 22.7. The molecular weight excluding hydrogens is 474 g/mol. The summed E-state index contributed by atoms with van der Waals surface area (Å²) in [4.78, 5) is 33.5. The van der Waals surface area contributed by atoms with Gasteiger partial charge in [0.1, 0.15) is 13.2 Å². The Labute approximate surface area is 212 Å². The van der Waals surface area contributed by atoms with Gasteiger partial charge in [-0.1, -0.05) is 48.2 Å². The van der Waals surface area contributed by atoms with Gasteiger partial charge < -0.3 is 14.4 Å². The van der Waals surface area contributed by atoms with Crippen molar-refractivity contribution in [3.63, 3.8) is 0 Å². The van der Waals surface area contributed by atoms with Crippen LogP contribution < -0.4 is 15.0 Å². The highest BCUT2D eigenvalue weighted by molar-refractivity contribution is 7.99. The van der Waals surface area contributed by atoms with Gasteiger partial charge in [-0.2, -0.15) is 0 Å². The van der Waals surface area contributed by atoms with Crippen molar-refractivity contribution in [3.8, 4) is 17.2 Å². The second-order valence-electron chi connectivity index (χ2n) is 8.82. The van der Waals surface area contributed by atoms with Crippen LogP contribution in [0.2, 0.25) is 0 Å². The number of carbonyl (C=O) groups excluding carboxylic acids is 1. The molecule has 1 fully saturated rings. The lowest BCUT2D eigenvalue weighted by molar-refractivity contribution is -0.129. The molecule has 2 aliphatic heterocycles. The fourth-order valence-corrected chi connectivity index (χ4v) is 5.80. The maximum atomic E-state index is 13.4. The largest absolute Gasteiger partial charge is 0.486 e. The topological polar surface area (TPSA) is 73.7 Å². The molecular formula is C28H25N3O4S. The number of rotatable bonds is 5. The van der Waals surface area contributed by atoms with E-state index in [0.29, 0.717) is 35.8 Å². The van der Waals surface area contributed by atoms with Crippen LogP contribution >= 0.6 is 11.8 Å². The third-order valence-corrected chi connectivity index (χ3v) is 7.53. The van der Waals surface area contributed by atoms with E-state index in [1.165, 1.54) is 11.8 Å². The molecule has 1 aromatic heterocycles. The zero-order valence-corrected chi connectivity index (χ0v) is 20.4. The van der Waals surface area contributed by atoms with E-state index in [1.807, 2.05) is 71.6 Å². The van der Waals surface area contributed by atoms with E-state index < -0.39 is 0 Å². The van der Waals surface area contributed by atoms with E-state index >= 15 is 0 Å². The normalized spacial score (nSPS) is 16.9. The van der Waals surface area contributed by atoms with Crippen LogP contribution in [0.3, 0.4) is 0 Å². The minimum atomic E-state index is -0.142. The van der Waals surface area contributed by atoms with Crippen molar-refractivity contribution in [2.75, 3.05) is 25.5 Å². The minimum absolute atomic E-state index is 0.00481. The Morgan fingerprint density at radius 3 is 2.61 bits per heavy atom. The third kappa shape index (κ3) is 4.22. The van der Waals surface area contributed by atoms with Crippen LogP contribution in [0, 0.1) is 0 Å². The number of ether oxygens (including phenoxy) is 2. The van der Waals surface area contributed by atoms with Gasteiger partial charge in [-0.3, -0.25) is 14.2 Å². The summed E-state index contributed by atoms with van der Waals surface area (Å²) in [6.07, 6.45) is 1.84. The summed E-state index contributed by atoms with van der Waals surface area (Å²) < 4.78 is 13.0. The quantitative estimate of drug-likeness (QED) is 0.295. The number of amides is 1. The van der Waals surface area contributed by atoms with Crippen LogP contribution in [-0.4, -0.2) is 45.9 Å². The molecule has 1 amide bonds. The number of aromatic nitrogens is 2. The monoisotopic (exact) mass is 499 g/mol. The molecule has 0 bridgehead atoms. The standard InChI is InChI=1S/C28H25N3O4S/c32-26(30-14-6-11-23(30)19-12-13-24-25(17-19)35-16-15-34-24)18-36-28-29-22-10-5-4-9-21(22)27(33)31(28)20-7-2-1-3-8-20/h1-5,7-10,12-13,17,23H,6,11,14-16,18H2. The molecule has 1 saturated heterocycles. The second-order valence-corrected chi connectivity index (χ2v) is 9.77. The summed E-state index contributed by atoms with van der Waals surface area (Å²) in [5, 5.41) is 1.06. The number of hydrogen-bond donors (Lipinski definition) is 0. The molecule has 4 aromatic rings. The van der Waals surface area contributed by atoms with Gasteiger partial charge in [-0.15, -0.1) is 0 Å². The van der Waals surface area contributed by atoms with Crippen LogP contribution in [0.1, 0.15) is 24.4 Å². The Kier molecular flexibility index (Phi) is 6.11. The van der Waals surface area contributed by atoms with Gasteiger partial charge in [0, 0.05) is 6.54 Å². The van der Waals surface area contributed by atoms with Crippen molar-refractivity contribution >= 4 is 28.6 Å². The molecule has 3 heterocycles. The van der Waals surface area contributed by atoms with E-state index in [2.05, 4.69) is 0 Å². The van der Waals surface area contributed by atoms with Gasteiger partial charge >= 0.3 is 0 Å². The zero-order valence-electron chi connectivity index (χ0n) is 19.6. The van der Waals surface area contributed by atoms with E-state index in [9.17, 15) is 9.59 Å². The highest BCUT2D eigenvalue weighted by atomic mass is 32.2. The molecule has 0 saturated carbocycles. The average molecular weight is 500 g/mol. The number of hydrogen-bond acceptors (Lipinski definition) is 6. The lowest BCUT2D eigenvalue weighted by Crippen LogP contribution is -2.32. The van der Waals surface area contributed by atoms with Crippen LogP contribution in [0.5, 0.6) is 11.5 Å². The number of benzene rings is 3. The summed E-state index contributed by atoms with van der Waals surface area (Å²) >= 11 is 1.30. The molecule has 0 spiro atoms. The van der Waals surface area contributed by atoms with Crippen LogP contribution in [0.4, 0.5) is 0 Å². The molecule has 8 heteroatoms. The van der Waals surface area contributed by atoms with Crippen molar-refractivity contribution < 1.29 is 14.3 Å². The van der Waals surface area contributed by atoms with Gasteiger partial charge in [0.05, 0.1) is 28.4 Å². The number of thioether (sulfide) groups is 1. The molecule has 6 rings (SSSR count). The SMILES string of the molecule is O=C(CSc1nc2ccccc2c(=O)n1-c1ccccc1)N1CCCC1c1ccc2c(c1)OCCO2. The Morgan fingerprint density at radius 1 is 0.972 bits per heavy atom. The highest BCUT2D eigenvalue weighted by Crippen LogP contribution is 2.38. The zero-order chi connectivity index (χ0) is 24.5. The fourth-order valence-electron chi connectivity index (χ4n) is 4.90. The Bertz CT molecular complexity index is 1490. The summed E-state index contributed by atoms with van der Waals surface area (Å²) in [6, 6.07) is 22.7. The summed E-state index contributed by atoms with van der Waals surface area (Å²) in [5.74, 6) is 1.70. The van der Waals surface area contributed by atoms with Gasteiger partial charge in [-0.05, 0) is 54.8 Å². The first-order valence-electron chi connectivity index (χ1n) is 12.1. The van der Waals surface area contributed by atoms with Gasteiger partial charge in [-0.25, -0.2) is 4.98 Å². The number of likely N-dealkylation sites (tertiary alicyclic amines) is 1. The molecule has 182 valence electrons. The molecule has 0 radical (unpaired) electrons. The van der Waals surface area contributed by atoms with Crippen molar-refractivity contribution in [2.24, 2.45) is 0 Å². The Hall–Kier alpha value is -3.78. The maximum absolute atomic E-state index is 13.4. The smallest absolute Gasteiger partial charge is 0.266 e. The average Bonchev–Trinajstić information content (AvgIpc) is 3.42. The molecule has 0 aliphatic carbocycles. The second kappa shape index (κ2) is 9.70. The van der Waals surface area contributed by atoms with Crippen molar-refractivity contribution in [3.05, 3.63) is 88.7 Å². The van der Waals surface area contributed by atoms with E-state index in [0.717, 1.165) is 35.6 Å². The van der Waals surface area contributed by atoms with E-state index in [-0.39, 0.29) is 23.3 Å². The maximum Gasteiger partial charge on any atom is 0.266 e. The van der Waals surface area contributed by atoms with Crippen LogP contribution in [0.15, 0.2) is 82.7 Å².